The zero-order valence-electron chi connectivity index (χ0n) is 16.6. The molecule has 23 heavy (non-hydrogen) atoms. The number of hydrogen-bond acceptors (Lipinski definition) is 1. The molecule has 1 aliphatic rings. The predicted molar refractivity (Wildman–Crippen MR) is 107 cm³/mol. The van der Waals surface area contributed by atoms with Crippen LogP contribution in [0, 0.1) is 5.41 Å². The van der Waals surface area contributed by atoms with Crippen molar-refractivity contribution >= 4 is 18.4 Å². The van der Waals surface area contributed by atoms with Crippen molar-refractivity contribution in [2.75, 3.05) is 0 Å². The Balaban J connectivity index is 2.89. The molecular formula is C21H42OSn. The molecule has 1 rings (SSSR count). The first-order chi connectivity index (χ1) is 10.8. The van der Waals surface area contributed by atoms with Gasteiger partial charge in [-0.05, 0) is 0 Å². The fraction of sp³-hybridized carbons (Fsp3) is 0.905. The monoisotopic (exact) mass is 430 g/mol. The van der Waals surface area contributed by atoms with Gasteiger partial charge in [0, 0.05) is 0 Å². The van der Waals surface area contributed by atoms with Crippen molar-refractivity contribution in [2.24, 2.45) is 5.41 Å². The van der Waals surface area contributed by atoms with E-state index in [0.717, 1.165) is 19.3 Å². The van der Waals surface area contributed by atoms with E-state index >= 15 is 0 Å². The standard InChI is InChI=1S/C9H15O.3C4H9.Sn/c1-4-8(2)5-6-9(3,10)7-8;3*1-3-4-2;/h1,4,10H,5-7H2,2-3H3;3*1,3-4H2,2H3;/t8-,9-;;;;/m0..../s1. The zero-order chi connectivity index (χ0) is 17.4. The fourth-order valence-electron chi connectivity index (χ4n) is 4.33. The molecule has 1 N–H and O–H groups in total. The van der Waals surface area contributed by atoms with E-state index in [1.807, 2.05) is 6.92 Å². The fourth-order valence-corrected chi connectivity index (χ4v) is 19.1. The molecular weight excluding hydrogens is 387 g/mol. The second-order valence-corrected chi connectivity index (χ2v) is 21.8. The van der Waals surface area contributed by atoms with Crippen LogP contribution in [0.5, 0.6) is 0 Å². The molecule has 0 radical (unpaired) electrons. The number of allylic oxidation sites excluding steroid dienone is 1. The number of aliphatic hydroxyl groups is 1. The molecule has 136 valence electrons. The van der Waals surface area contributed by atoms with Gasteiger partial charge < -0.3 is 0 Å². The van der Waals surface area contributed by atoms with Crippen LogP contribution < -0.4 is 0 Å². The van der Waals surface area contributed by atoms with Crippen molar-refractivity contribution in [1.82, 2.24) is 0 Å². The van der Waals surface area contributed by atoms with Crippen LogP contribution in [0.3, 0.4) is 0 Å². The molecule has 0 saturated heterocycles. The van der Waals surface area contributed by atoms with Gasteiger partial charge in [0.25, 0.3) is 0 Å². The first-order valence-corrected chi connectivity index (χ1v) is 17.9. The molecule has 0 aromatic carbocycles. The van der Waals surface area contributed by atoms with Gasteiger partial charge in [0.15, 0.2) is 0 Å². The van der Waals surface area contributed by atoms with E-state index in [2.05, 4.69) is 37.9 Å². The molecule has 0 heterocycles. The van der Waals surface area contributed by atoms with Crippen LogP contribution in [0.1, 0.15) is 92.4 Å². The summed E-state index contributed by atoms with van der Waals surface area (Å²) in [4.78, 5) is 0. The SMILES string of the molecule is CCC[CH2][Sn](/[CH]=C\[C@@]1(C)CC[C@](C)(O)C1)([CH2]CCC)[CH2]CCC. The molecule has 0 bridgehead atoms. The van der Waals surface area contributed by atoms with Crippen molar-refractivity contribution < 1.29 is 5.11 Å². The van der Waals surface area contributed by atoms with E-state index in [1.165, 1.54) is 38.5 Å². The molecule has 0 spiro atoms. The van der Waals surface area contributed by atoms with Crippen molar-refractivity contribution in [1.29, 1.82) is 0 Å². The normalized spacial score (nSPS) is 28.8. The van der Waals surface area contributed by atoms with Gasteiger partial charge in [0.05, 0.1) is 0 Å². The Kier molecular flexibility index (Phi) is 9.22. The Morgan fingerprint density at radius 1 is 0.870 bits per heavy atom. The number of hydrogen-bond donors (Lipinski definition) is 1. The van der Waals surface area contributed by atoms with Crippen molar-refractivity contribution in [3.63, 3.8) is 0 Å². The first kappa shape index (κ1) is 21.5. The van der Waals surface area contributed by atoms with E-state index in [0.29, 0.717) is 0 Å². The molecule has 0 unspecified atom stereocenters. The van der Waals surface area contributed by atoms with Crippen molar-refractivity contribution in [3.05, 3.63) is 10.2 Å². The summed E-state index contributed by atoms with van der Waals surface area (Å²) in [5, 5.41) is 10.4. The Morgan fingerprint density at radius 2 is 1.35 bits per heavy atom. The van der Waals surface area contributed by atoms with Crippen LogP contribution >= 0.6 is 0 Å². The molecule has 0 amide bonds. The second-order valence-electron chi connectivity index (χ2n) is 8.83. The summed E-state index contributed by atoms with van der Waals surface area (Å²) in [5.74, 6) is 0. The topological polar surface area (TPSA) is 20.2 Å². The Morgan fingerprint density at radius 3 is 1.70 bits per heavy atom. The summed E-state index contributed by atoms with van der Waals surface area (Å²) in [6, 6.07) is 0. The summed E-state index contributed by atoms with van der Waals surface area (Å²) in [5.41, 5.74) is -0.191. The molecule has 1 nitrogen and oxygen atoms in total. The average molecular weight is 429 g/mol. The quantitative estimate of drug-likeness (QED) is 0.356. The molecule has 0 aliphatic heterocycles. The summed E-state index contributed by atoms with van der Waals surface area (Å²) in [6.45, 7) is 11.4. The van der Waals surface area contributed by atoms with Crippen LogP contribution in [0.2, 0.25) is 13.3 Å². The molecule has 1 fully saturated rings. The summed E-state index contributed by atoms with van der Waals surface area (Å²) in [7, 11) is 0. The Bertz CT molecular complexity index is 339. The number of unbranched alkanes of at least 4 members (excludes halogenated alkanes) is 3. The Hall–Kier alpha value is 0.499. The van der Waals surface area contributed by atoms with E-state index in [-0.39, 0.29) is 5.41 Å². The molecule has 1 aliphatic carbocycles. The number of rotatable bonds is 11. The van der Waals surface area contributed by atoms with Crippen LogP contribution in [0.25, 0.3) is 0 Å². The molecule has 0 aromatic heterocycles. The van der Waals surface area contributed by atoms with Crippen molar-refractivity contribution in [3.8, 4) is 0 Å². The van der Waals surface area contributed by atoms with Gasteiger partial charge in [0.1, 0.15) is 0 Å². The maximum absolute atomic E-state index is 10.4. The van der Waals surface area contributed by atoms with Gasteiger partial charge >= 0.3 is 150 Å². The third kappa shape index (κ3) is 7.50. The summed E-state index contributed by atoms with van der Waals surface area (Å²) < 4.78 is 7.45. The zero-order valence-corrected chi connectivity index (χ0v) is 19.4. The van der Waals surface area contributed by atoms with E-state index in [1.54, 1.807) is 13.3 Å². The van der Waals surface area contributed by atoms with Gasteiger partial charge in [0.2, 0.25) is 0 Å². The Labute approximate surface area is 150 Å². The summed E-state index contributed by atoms with van der Waals surface area (Å²) in [6.07, 6.45) is 14.0. The van der Waals surface area contributed by atoms with Crippen molar-refractivity contribution in [2.45, 2.75) is 111 Å². The van der Waals surface area contributed by atoms with Crippen LogP contribution in [-0.4, -0.2) is 29.1 Å². The maximum atomic E-state index is 10.4. The van der Waals surface area contributed by atoms with Gasteiger partial charge in [-0.2, -0.15) is 0 Å². The predicted octanol–water partition coefficient (Wildman–Crippen LogP) is 6.87. The van der Waals surface area contributed by atoms with Crippen LogP contribution in [0.15, 0.2) is 10.2 Å². The molecule has 2 atom stereocenters. The summed E-state index contributed by atoms with van der Waals surface area (Å²) >= 11 is -2.14. The van der Waals surface area contributed by atoms with Gasteiger partial charge in [-0.25, -0.2) is 0 Å². The average Bonchev–Trinajstić information content (AvgIpc) is 2.80. The van der Waals surface area contributed by atoms with Gasteiger partial charge in [-0.15, -0.1) is 0 Å². The van der Waals surface area contributed by atoms with E-state index in [4.69, 9.17) is 0 Å². The van der Waals surface area contributed by atoms with Gasteiger partial charge in [-0.3, -0.25) is 0 Å². The van der Waals surface area contributed by atoms with Gasteiger partial charge in [-0.1, -0.05) is 0 Å². The van der Waals surface area contributed by atoms with Crippen LogP contribution in [-0.2, 0) is 0 Å². The molecule has 1 saturated carbocycles. The molecule has 0 aromatic rings. The second kappa shape index (κ2) is 9.85. The minimum atomic E-state index is -2.14. The molecule has 2 heteroatoms. The van der Waals surface area contributed by atoms with E-state index in [9.17, 15) is 5.11 Å². The third-order valence-corrected chi connectivity index (χ3v) is 20.0. The third-order valence-electron chi connectivity index (χ3n) is 5.94. The first-order valence-electron chi connectivity index (χ1n) is 10.2. The van der Waals surface area contributed by atoms with Crippen LogP contribution in [0.4, 0.5) is 0 Å². The minimum absolute atomic E-state index is 0.246. The van der Waals surface area contributed by atoms with E-state index < -0.39 is 24.0 Å².